The summed E-state index contributed by atoms with van der Waals surface area (Å²) in [5.74, 6) is 1.90. The molecular formula is C26H17ClFN5O. The quantitative estimate of drug-likeness (QED) is 0.395. The smallest absolute Gasteiger partial charge is 0.264 e. The Morgan fingerprint density at radius 2 is 1.97 bits per heavy atom. The van der Waals surface area contributed by atoms with Crippen molar-refractivity contribution >= 4 is 45.9 Å². The molecule has 0 spiro atoms. The third-order valence-electron chi connectivity index (χ3n) is 5.57. The van der Waals surface area contributed by atoms with Crippen LogP contribution in [0.15, 0.2) is 87.2 Å². The molecule has 6 nitrogen and oxygen atoms in total. The monoisotopic (exact) mass is 469 g/mol. The van der Waals surface area contributed by atoms with E-state index in [0.29, 0.717) is 49.8 Å². The zero-order chi connectivity index (χ0) is 23.8. The van der Waals surface area contributed by atoms with Gasteiger partial charge in [-0.3, -0.25) is 29.7 Å². The zero-order valence-corrected chi connectivity index (χ0v) is 18.7. The molecule has 0 radical (unpaired) electrons. The van der Waals surface area contributed by atoms with Crippen LogP contribution in [0, 0.1) is 11.2 Å². The first-order valence-electron chi connectivity index (χ1n) is 10.5. The number of aromatic nitrogens is 2. The second-order valence-corrected chi connectivity index (χ2v) is 8.12. The van der Waals surface area contributed by atoms with Crippen LogP contribution in [0.25, 0.3) is 16.5 Å². The van der Waals surface area contributed by atoms with Crippen LogP contribution in [0.3, 0.4) is 0 Å². The SMILES string of the molecule is CC(N=C1C(=C=N)C=Nc2cccnc21)c1cc2cccc(Cl)c2c(=O)n1-c1cccc(F)c1. The van der Waals surface area contributed by atoms with Crippen LogP contribution < -0.4 is 5.56 Å². The topological polar surface area (TPSA) is 83.5 Å². The lowest BCUT2D eigenvalue weighted by molar-refractivity contribution is 0.625. The Bertz CT molecular complexity index is 1630. The van der Waals surface area contributed by atoms with Crippen molar-refractivity contribution in [3.8, 4) is 5.69 Å². The largest absolute Gasteiger partial charge is 0.278 e. The van der Waals surface area contributed by atoms with Gasteiger partial charge in [0.25, 0.3) is 5.56 Å². The number of nitrogens with zero attached hydrogens (tertiary/aromatic N) is 4. The van der Waals surface area contributed by atoms with Crippen LogP contribution in [-0.4, -0.2) is 27.3 Å². The van der Waals surface area contributed by atoms with Crippen molar-refractivity contribution in [2.24, 2.45) is 9.98 Å². The van der Waals surface area contributed by atoms with Gasteiger partial charge in [0.15, 0.2) is 0 Å². The maximum Gasteiger partial charge on any atom is 0.264 e. The predicted molar refractivity (Wildman–Crippen MR) is 133 cm³/mol. The van der Waals surface area contributed by atoms with E-state index in [2.05, 4.69) is 15.8 Å². The van der Waals surface area contributed by atoms with Gasteiger partial charge in [-0.05, 0) is 60.6 Å². The molecule has 2 aromatic carbocycles. The van der Waals surface area contributed by atoms with Crippen molar-refractivity contribution in [3.05, 3.63) is 105 Å². The minimum absolute atomic E-state index is 0.314. The fraction of sp³-hybridized carbons (Fsp3) is 0.0769. The number of halogens is 2. The summed E-state index contributed by atoms with van der Waals surface area (Å²) in [5.41, 5.74) is 2.49. The van der Waals surface area contributed by atoms with Crippen molar-refractivity contribution in [1.29, 1.82) is 5.41 Å². The highest BCUT2D eigenvalue weighted by Crippen LogP contribution is 2.30. The van der Waals surface area contributed by atoms with Crippen LogP contribution in [0.2, 0.25) is 5.02 Å². The first kappa shape index (κ1) is 21.6. The molecule has 1 aliphatic rings. The number of nitrogens with one attached hydrogen (secondary N) is 1. The lowest BCUT2D eigenvalue weighted by atomic mass is 10.0. The molecule has 0 saturated carbocycles. The van der Waals surface area contributed by atoms with Crippen molar-refractivity contribution in [1.82, 2.24) is 9.55 Å². The van der Waals surface area contributed by atoms with Gasteiger partial charge in [-0.1, -0.05) is 29.8 Å². The Labute approximate surface area is 198 Å². The van der Waals surface area contributed by atoms with Crippen LogP contribution in [0.4, 0.5) is 10.1 Å². The molecule has 0 amide bonds. The second kappa shape index (κ2) is 8.63. The molecule has 0 fully saturated rings. The van der Waals surface area contributed by atoms with Gasteiger partial charge in [-0.15, -0.1) is 0 Å². The number of hydrogen-bond acceptors (Lipinski definition) is 5. The molecule has 0 aliphatic carbocycles. The van der Waals surface area contributed by atoms with E-state index in [1.165, 1.54) is 22.9 Å². The van der Waals surface area contributed by atoms with Crippen molar-refractivity contribution in [2.45, 2.75) is 13.0 Å². The van der Waals surface area contributed by atoms with Gasteiger partial charge in [0, 0.05) is 12.4 Å². The summed E-state index contributed by atoms with van der Waals surface area (Å²) in [7, 11) is 0. The first-order valence-corrected chi connectivity index (χ1v) is 10.8. The van der Waals surface area contributed by atoms with E-state index in [-0.39, 0.29) is 5.56 Å². The Hall–Kier alpha value is -4.19. The molecule has 8 heteroatoms. The highest BCUT2D eigenvalue weighted by molar-refractivity contribution is 6.35. The van der Waals surface area contributed by atoms with Gasteiger partial charge < -0.3 is 0 Å². The summed E-state index contributed by atoms with van der Waals surface area (Å²) < 4.78 is 15.5. The summed E-state index contributed by atoms with van der Waals surface area (Å²) in [5, 5.41) is 8.99. The second-order valence-electron chi connectivity index (χ2n) is 7.72. The summed E-state index contributed by atoms with van der Waals surface area (Å²) in [4.78, 5) is 27.2. The third kappa shape index (κ3) is 3.67. The van der Waals surface area contributed by atoms with Gasteiger partial charge in [0.1, 0.15) is 17.2 Å². The van der Waals surface area contributed by atoms with Gasteiger partial charge in [0.2, 0.25) is 0 Å². The van der Waals surface area contributed by atoms with E-state index in [1.54, 1.807) is 48.7 Å². The van der Waals surface area contributed by atoms with E-state index in [0.717, 1.165) is 0 Å². The molecule has 5 rings (SSSR count). The number of hydrogen-bond donors (Lipinski definition) is 1. The molecule has 1 unspecified atom stereocenters. The van der Waals surface area contributed by atoms with Gasteiger partial charge in [-0.2, -0.15) is 0 Å². The number of aliphatic imine (C=N–C) groups is 2. The normalized spacial score (nSPS) is 14.8. The van der Waals surface area contributed by atoms with Gasteiger partial charge in [-0.25, -0.2) is 4.39 Å². The average Bonchev–Trinajstić information content (AvgIpc) is 2.84. The Kier molecular flexibility index (Phi) is 5.49. The molecule has 1 N–H and O–H groups in total. The number of rotatable bonds is 3. The van der Waals surface area contributed by atoms with Crippen molar-refractivity contribution < 1.29 is 4.39 Å². The molecule has 0 saturated heterocycles. The van der Waals surface area contributed by atoms with E-state index in [9.17, 15) is 9.18 Å². The zero-order valence-electron chi connectivity index (χ0n) is 18.0. The minimum atomic E-state index is -0.570. The molecule has 1 aliphatic heterocycles. The Balaban J connectivity index is 1.78. The van der Waals surface area contributed by atoms with E-state index < -0.39 is 11.9 Å². The predicted octanol–water partition coefficient (Wildman–Crippen LogP) is 5.62. The number of benzene rings is 2. The molecule has 0 bridgehead atoms. The molecule has 166 valence electrons. The van der Waals surface area contributed by atoms with E-state index >= 15 is 0 Å². The summed E-state index contributed by atoms with van der Waals surface area (Å²) >= 11 is 6.36. The third-order valence-corrected chi connectivity index (χ3v) is 5.89. The fourth-order valence-corrected chi connectivity index (χ4v) is 4.28. The lowest BCUT2D eigenvalue weighted by Gasteiger charge is -2.20. The van der Waals surface area contributed by atoms with Gasteiger partial charge >= 0.3 is 0 Å². The molecule has 34 heavy (non-hydrogen) atoms. The van der Waals surface area contributed by atoms with Crippen molar-refractivity contribution in [2.75, 3.05) is 0 Å². The highest BCUT2D eigenvalue weighted by Gasteiger charge is 2.23. The maximum absolute atomic E-state index is 14.1. The van der Waals surface area contributed by atoms with Crippen LogP contribution in [-0.2, 0) is 0 Å². The van der Waals surface area contributed by atoms with E-state index in [1.807, 2.05) is 13.0 Å². The summed E-state index contributed by atoms with van der Waals surface area (Å²) in [6.45, 7) is 1.82. The van der Waals surface area contributed by atoms with Gasteiger partial charge in [0.05, 0.1) is 39.1 Å². The summed E-state index contributed by atoms with van der Waals surface area (Å²) in [6.07, 6.45) is 3.14. The first-order chi connectivity index (χ1) is 16.5. The van der Waals surface area contributed by atoms with Crippen LogP contribution in [0.5, 0.6) is 0 Å². The average molecular weight is 470 g/mol. The highest BCUT2D eigenvalue weighted by atomic mass is 35.5. The van der Waals surface area contributed by atoms with E-state index in [4.69, 9.17) is 22.0 Å². The molecular weight excluding hydrogens is 453 g/mol. The van der Waals surface area contributed by atoms with Crippen molar-refractivity contribution in [3.63, 3.8) is 0 Å². The number of fused-ring (bicyclic) bond motifs is 2. The molecule has 2 aromatic heterocycles. The summed E-state index contributed by atoms with van der Waals surface area (Å²) in [6, 6.07) is 15.9. The number of allylic oxidation sites excluding steroid dienone is 1. The Morgan fingerprint density at radius 1 is 1.15 bits per heavy atom. The minimum Gasteiger partial charge on any atom is -0.278 e. The Morgan fingerprint density at radius 3 is 2.76 bits per heavy atom. The maximum atomic E-state index is 14.1. The number of pyridine rings is 2. The lowest BCUT2D eigenvalue weighted by Crippen LogP contribution is -2.24. The van der Waals surface area contributed by atoms with Crippen LogP contribution in [0.1, 0.15) is 24.4 Å². The standard InChI is InChI=1S/C26H17ClFN5O/c1-15(32-24-17(13-29)14-31-21-9-4-10-30-25(21)24)22-11-16-5-2-8-20(27)23(16)26(34)33(22)19-7-3-6-18(28)12-19/h2-12,14-15,29H,1H3. The molecule has 3 heterocycles. The van der Waals surface area contributed by atoms with Crippen LogP contribution >= 0.6 is 11.6 Å². The molecule has 1 atom stereocenters. The molecule has 4 aromatic rings. The fourth-order valence-electron chi connectivity index (χ4n) is 4.02.